The first-order valence-corrected chi connectivity index (χ1v) is 10.2. The smallest absolute Gasteiger partial charge is 0.328 e. The fraction of sp³-hybridized carbons (Fsp3) is 0.545. The van der Waals surface area contributed by atoms with E-state index in [1.54, 1.807) is 6.08 Å². The number of nitrogens with one attached hydrogen (secondary N) is 1. The molecule has 0 aromatic heterocycles. The summed E-state index contributed by atoms with van der Waals surface area (Å²) in [4.78, 5) is 26.1. The first kappa shape index (κ1) is 19.6. The summed E-state index contributed by atoms with van der Waals surface area (Å²) in [6.45, 7) is 2.78. The second-order valence-electron chi connectivity index (χ2n) is 7.74. The number of carbonyl (C=O) groups excluding carboxylic acids is 1. The second kappa shape index (κ2) is 9.70. The molecule has 1 aromatic carbocycles. The van der Waals surface area contributed by atoms with Crippen LogP contribution in [0.4, 0.5) is 5.69 Å². The molecule has 3 rings (SSSR count). The van der Waals surface area contributed by atoms with Crippen molar-refractivity contribution in [1.29, 1.82) is 0 Å². The maximum absolute atomic E-state index is 13.3. The topological polar surface area (TPSA) is 69.6 Å². The summed E-state index contributed by atoms with van der Waals surface area (Å²) in [6, 6.07) is 7.68. The Balaban J connectivity index is 1.82. The molecule has 1 heterocycles. The highest BCUT2D eigenvalue weighted by Crippen LogP contribution is 2.29. The molecule has 146 valence electrons. The molecule has 1 aliphatic heterocycles. The molecule has 0 atom stereocenters. The third-order valence-electron chi connectivity index (χ3n) is 5.72. The third kappa shape index (κ3) is 5.67. The summed E-state index contributed by atoms with van der Waals surface area (Å²) in [7, 11) is 0. The summed E-state index contributed by atoms with van der Waals surface area (Å²) in [5.41, 5.74) is 1.69. The predicted octanol–water partition coefficient (Wildman–Crippen LogP) is 3.70. The average molecular weight is 370 g/mol. The van der Waals surface area contributed by atoms with Gasteiger partial charge in [0.1, 0.15) is 0 Å². The van der Waals surface area contributed by atoms with Crippen LogP contribution in [-0.2, 0) is 9.59 Å². The van der Waals surface area contributed by atoms with Crippen molar-refractivity contribution in [1.82, 2.24) is 5.32 Å². The van der Waals surface area contributed by atoms with Crippen molar-refractivity contribution in [2.75, 3.05) is 24.5 Å². The summed E-state index contributed by atoms with van der Waals surface area (Å²) in [6.07, 6.45) is 10.4. The van der Waals surface area contributed by atoms with Gasteiger partial charge in [-0.15, -0.1) is 0 Å². The van der Waals surface area contributed by atoms with E-state index in [0.717, 1.165) is 75.5 Å². The lowest BCUT2D eigenvalue weighted by atomic mass is 9.87. The fourth-order valence-corrected chi connectivity index (χ4v) is 4.18. The van der Waals surface area contributed by atoms with Crippen LogP contribution in [0.25, 0.3) is 6.08 Å². The van der Waals surface area contributed by atoms with Crippen molar-refractivity contribution in [3.05, 3.63) is 35.9 Å². The van der Waals surface area contributed by atoms with Crippen molar-refractivity contribution >= 4 is 23.6 Å². The normalized spacial score (nSPS) is 19.3. The largest absolute Gasteiger partial charge is 0.478 e. The Bertz CT molecular complexity index is 674. The highest BCUT2D eigenvalue weighted by atomic mass is 16.4. The maximum atomic E-state index is 13.3. The number of amides is 1. The number of benzene rings is 1. The Hall–Kier alpha value is -2.14. The zero-order valence-electron chi connectivity index (χ0n) is 15.9. The average Bonchev–Trinajstić information content (AvgIpc) is 2.71. The lowest BCUT2D eigenvalue weighted by Crippen LogP contribution is -2.42. The number of hydrogen-bond acceptors (Lipinski definition) is 3. The molecule has 2 fully saturated rings. The van der Waals surface area contributed by atoms with Crippen molar-refractivity contribution in [2.24, 2.45) is 11.8 Å². The number of anilines is 1. The molecule has 5 heteroatoms. The van der Waals surface area contributed by atoms with E-state index in [-0.39, 0.29) is 11.8 Å². The summed E-state index contributed by atoms with van der Waals surface area (Å²) in [5.74, 6) is -0.0893. The SMILES string of the molecule is O=C(O)C=Cc1cccc(N(CC2CCNCC2)C(=O)C2CCCCC2)c1. The molecule has 1 saturated carbocycles. The van der Waals surface area contributed by atoms with Crippen LogP contribution in [0.1, 0.15) is 50.5 Å². The van der Waals surface area contributed by atoms with Gasteiger partial charge in [-0.25, -0.2) is 4.79 Å². The maximum Gasteiger partial charge on any atom is 0.328 e. The van der Waals surface area contributed by atoms with Gasteiger partial charge in [-0.3, -0.25) is 4.79 Å². The molecule has 0 radical (unpaired) electrons. The van der Waals surface area contributed by atoms with Crippen LogP contribution < -0.4 is 10.2 Å². The Kier molecular flexibility index (Phi) is 7.04. The Labute approximate surface area is 161 Å². The van der Waals surface area contributed by atoms with Crippen LogP contribution >= 0.6 is 0 Å². The zero-order valence-corrected chi connectivity index (χ0v) is 15.9. The monoisotopic (exact) mass is 370 g/mol. The van der Waals surface area contributed by atoms with Crippen LogP contribution in [-0.4, -0.2) is 36.6 Å². The minimum Gasteiger partial charge on any atom is -0.478 e. The number of hydrogen-bond donors (Lipinski definition) is 2. The van der Waals surface area contributed by atoms with E-state index in [4.69, 9.17) is 5.11 Å². The molecule has 5 nitrogen and oxygen atoms in total. The molecule has 1 aliphatic carbocycles. The molecule has 2 aliphatic rings. The highest BCUT2D eigenvalue weighted by Gasteiger charge is 2.29. The van der Waals surface area contributed by atoms with Crippen molar-refractivity contribution in [2.45, 2.75) is 44.9 Å². The van der Waals surface area contributed by atoms with E-state index in [1.165, 1.54) is 6.42 Å². The molecular weight excluding hydrogens is 340 g/mol. The second-order valence-corrected chi connectivity index (χ2v) is 7.74. The van der Waals surface area contributed by atoms with Gasteiger partial charge >= 0.3 is 5.97 Å². The Morgan fingerprint density at radius 2 is 1.85 bits per heavy atom. The van der Waals surface area contributed by atoms with E-state index in [9.17, 15) is 9.59 Å². The van der Waals surface area contributed by atoms with Gasteiger partial charge in [0.25, 0.3) is 0 Å². The quantitative estimate of drug-likeness (QED) is 0.749. The number of piperidine rings is 1. The molecule has 1 amide bonds. The van der Waals surface area contributed by atoms with E-state index in [0.29, 0.717) is 5.92 Å². The molecule has 0 bridgehead atoms. The third-order valence-corrected chi connectivity index (χ3v) is 5.72. The van der Waals surface area contributed by atoms with Crippen molar-refractivity contribution in [3.8, 4) is 0 Å². The van der Waals surface area contributed by atoms with Gasteiger partial charge in [0.05, 0.1) is 0 Å². The Morgan fingerprint density at radius 3 is 2.56 bits per heavy atom. The van der Waals surface area contributed by atoms with E-state index in [2.05, 4.69) is 5.32 Å². The van der Waals surface area contributed by atoms with Gasteiger partial charge in [-0.1, -0.05) is 31.4 Å². The van der Waals surface area contributed by atoms with Gasteiger partial charge in [-0.05, 0) is 68.5 Å². The summed E-state index contributed by atoms with van der Waals surface area (Å²) in [5, 5.41) is 12.3. The van der Waals surface area contributed by atoms with Gasteiger partial charge in [-0.2, -0.15) is 0 Å². The lowest BCUT2D eigenvalue weighted by molar-refractivity contribution is -0.131. The van der Waals surface area contributed by atoms with Gasteiger partial charge in [0.2, 0.25) is 5.91 Å². The first-order chi connectivity index (χ1) is 13.1. The molecule has 27 heavy (non-hydrogen) atoms. The fourth-order valence-electron chi connectivity index (χ4n) is 4.18. The van der Waals surface area contributed by atoms with Crippen LogP contribution in [0.5, 0.6) is 0 Å². The highest BCUT2D eigenvalue weighted by molar-refractivity contribution is 5.95. The van der Waals surface area contributed by atoms with Crippen LogP contribution in [0.15, 0.2) is 30.3 Å². The standard InChI is InChI=1S/C22H30N2O3/c25-21(26)10-9-17-5-4-8-20(15-17)24(16-18-11-13-23-14-12-18)22(27)19-6-2-1-3-7-19/h4-5,8-10,15,18-19,23H,1-3,6-7,11-14,16H2,(H,25,26). The van der Waals surface area contributed by atoms with E-state index < -0.39 is 5.97 Å². The van der Waals surface area contributed by atoms with Crippen LogP contribution in [0.3, 0.4) is 0 Å². The molecular formula is C22H30N2O3. The number of carboxylic acids is 1. The predicted molar refractivity (Wildman–Crippen MR) is 108 cm³/mol. The van der Waals surface area contributed by atoms with E-state index in [1.807, 2.05) is 29.2 Å². The Morgan fingerprint density at radius 1 is 1.11 bits per heavy atom. The van der Waals surface area contributed by atoms with Crippen LogP contribution in [0, 0.1) is 11.8 Å². The van der Waals surface area contributed by atoms with Crippen molar-refractivity contribution in [3.63, 3.8) is 0 Å². The minimum absolute atomic E-state index is 0.124. The van der Waals surface area contributed by atoms with Gasteiger partial charge in [0, 0.05) is 24.2 Å². The summed E-state index contributed by atoms with van der Waals surface area (Å²) < 4.78 is 0. The van der Waals surface area contributed by atoms with Gasteiger partial charge < -0.3 is 15.3 Å². The lowest BCUT2D eigenvalue weighted by Gasteiger charge is -2.33. The number of nitrogens with zero attached hydrogens (tertiary/aromatic N) is 1. The molecule has 1 saturated heterocycles. The number of aliphatic carboxylic acids is 1. The van der Waals surface area contributed by atoms with Crippen molar-refractivity contribution < 1.29 is 14.7 Å². The number of carboxylic acid groups (broad SMARTS) is 1. The first-order valence-electron chi connectivity index (χ1n) is 10.2. The zero-order chi connectivity index (χ0) is 19.1. The number of carbonyl (C=O) groups is 2. The molecule has 2 N–H and O–H groups in total. The molecule has 0 unspecified atom stereocenters. The molecule has 1 aromatic rings. The van der Waals surface area contributed by atoms with E-state index >= 15 is 0 Å². The van der Waals surface area contributed by atoms with Gasteiger partial charge in [0.15, 0.2) is 0 Å². The number of rotatable bonds is 6. The van der Waals surface area contributed by atoms with Crippen LogP contribution in [0.2, 0.25) is 0 Å². The molecule has 0 spiro atoms. The minimum atomic E-state index is -0.967. The summed E-state index contributed by atoms with van der Waals surface area (Å²) >= 11 is 0.